The van der Waals surface area contributed by atoms with Crippen LogP contribution in [-0.4, -0.2) is 27.5 Å². The Bertz CT molecular complexity index is 5310. The summed E-state index contributed by atoms with van der Waals surface area (Å²) in [7, 11) is -0.398. The van der Waals surface area contributed by atoms with Gasteiger partial charge >= 0.3 is 7.12 Å². The van der Waals surface area contributed by atoms with Crippen LogP contribution in [0.15, 0.2) is 285 Å². The molecule has 0 radical (unpaired) electrons. The van der Waals surface area contributed by atoms with E-state index in [1.807, 2.05) is 36.4 Å². The Morgan fingerprint density at radius 1 is 0.318 bits per heavy atom. The number of rotatable bonds is 6. The van der Waals surface area contributed by atoms with Gasteiger partial charge < -0.3 is 27.3 Å². The Morgan fingerprint density at radius 3 is 1.19 bits per heavy atom. The number of benzene rings is 12. The summed E-state index contributed by atoms with van der Waals surface area (Å²) in [5.74, 6) is 0. The molecular formula is C78H56BBr2IN2O4. The van der Waals surface area contributed by atoms with Crippen molar-refractivity contribution in [1.29, 1.82) is 0 Å². The van der Waals surface area contributed by atoms with E-state index in [4.69, 9.17) is 18.1 Å². The van der Waals surface area contributed by atoms with Crippen LogP contribution in [0.25, 0.3) is 132 Å². The van der Waals surface area contributed by atoms with Gasteiger partial charge in [-0.15, -0.1) is 0 Å². The molecule has 0 atom stereocenters. The molecule has 0 unspecified atom stereocenters. The molecule has 1 saturated heterocycles. The minimum absolute atomic E-state index is 0.380. The second kappa shape index (κ2) is 22.6. The average Bonchev–Trinajstić information content (AvgIpc) is 1.88. The van der Waals surface area contributed by atoms with E-state index in [0.29, 0.717) is 0 Å². The highest BCUT2D eigenvalue weighted by Crippen LogP contribution is 2.41. The number of halogens is 3. The van der Waals surface area contributed by atoms with Gasteiger partial charge in [-0.1, -0.05) is 184 Å². The molecule has 10 heteroatoms. The second-order valence-electron chi connectivity index (χ2n) is 23.5. The fourth-order valence-electron chi connectivity index (χ4n) is 12.4. The normalized spacial score (nSPS) is 13.7. The zero-order valence-electron chi connectivity index (χ0n) is 48.6. The van der Waals surface area contributed by atoms with Crippen LogP contribution in [-0.2, 0) is 9.31 Å². The maximum atomic E-state index is 6.35. The van der Waals surface area contributed by atoms with Crippen molar-refractivity contribution in [2.24, 2.45) is 0 Å². The quantitative estimate of drug-likeness (QED) is 0.123. The molecular weight excluding hydrogens is 1330 g/mol. The smallest absolute Gasteiger partial charge is 0.456 e. The molecule has 88 heavy (non-hydrogen) atoms. The van der Waals surface area contributed by atoms with E-state index >= 15 is 0 Å². The van der Waals surface area contributed by atoms with Crippen molar-refractivity contribution in [3.8, 4) is 44.8 Å². The lowest BCUT2D eigenvalue weighted by atomic mass is 9.78. The maximum absolute atomic E-state index is 6.35. The molecule has 12 aromatic carbocycles. The van der Waals surface area contributed by atoms with Crippen LogP contribution in [0.5, 0.6) is 0 Å². The monoisotopic (exact) mass is 1380 g/mol. The Labute approximate surface area is 540 Å². The lowest BCUT2D eigenvalue weighted by Gasteiger charge is -2.32. The van der Waals surface area contributed by atoms with Gasteiger partial charge in [-0.05, 0) is 192 Å². The molecule has 0 saturated carbocycles. The summed E-state index contributed by atoms with van der Waals surface area (Å²) >= 11 is 9.16. The summed E-state index contributed by atoms with van der Waals surface area (Å²) in [6.07, 6.45) is 0. The predicted molar refractivity (Wildman–Crippen MR) is 383 cm³/mol. The molecule has 426 valence electrons. The molecule has 0 spiro atoms. The minimum Gasteiger partial charge on any atom is -0.456 e. The van der Waals surface area contributed by atoms with E-state index in [1.165, 1.54) is 63.9 Å². The number of hydrogen-bond donors (Lipinski definition) is 0. The van der Waals surface area contributed by atoms with Crippen LogP contribution in [0.3, 0.4) is 0 Å². The number of para-hydroxylation sites is 4. The largest absolute Gasteiger partial charge is 0.494 e. The van der Waals surface area contributed by atoms with E-state index in [-0.39, 0.29) is 11.2 Å². The number of nitrogens with zero attached hydrogens (tertiary/aromatic N) is 2. The first kappa shape index (κ1) is 56.1. The highest BCUT2D eigenvalue weighted by atomic mass is 127. The Balaban J connectivity index is 0.000000131. The summed E-state index contributed by atoms with van der Waals surface area (Å²) in [5.41, 5.74) is 17.8. The van der Waals surface area contributed by atoms with Gasteiger partial charge in [-0.25, -0.2) is 0 Å². The van der Waals surface area contributed by atoms with Crippen LogP contribution in [0.4, 0.5) is 0 Å². The SMILES string of the molecule is Brc1ccc(-c2cccc(-c3ccc4c5ccccc5n(-c5ccc6c(c5)oc5ccccc56)c4c3)c2)cc1.Brc1ccc(I)cc1.CC1(C)OB(c2cccc(-c3ccc4c5ccccc5n(-c5ccc6c(c5)oc5ccccc56)c4c3)c2)OC1(C)C. The molecule has 17 rings (SSSR count). The lowest BCUT2D eigenvalue weighted by Crippen LogP contribution is -2.41. The van der Waals surface area contributed by atoms with E-state index < -0.39 is 7.12 Å². The topological polar surface area (TPSA) is 54.6 Å². The number of furan rings is 2. The third-order valence-electron chi connectivity index (χ3n) is 17.5. The highest BCUT2D eigenvalue weighted by Gasteiger charge is 2.51. The minimum atomic E-state index is -0.398. The van der Waals surface area contributed by atoms with Crippen molar-refractivity contribution < 1.29 is 18.1 Å². The summed E-state index contributed by atoms with van der Waals surface area (Å²) in [6, 6.07) is 94.3. The molecule has 0 bridgehead atoms. The molecule has 6 nitrogen and oxygen atoms in total. The molecule has 1 aliphatic heterocycles. The van der Waals surface area contributed by atoms with Gasteiger partial charge in [0.25, 0.3) is 0 Å². The predicted octanol–water partition coefficient (Wildman–Crippen LogP) is 22.5. The van der Waals surface area contributed by atoms with Gasteiger partial charge in [0, 0.05) is 79.1 Å². The van der Waals surface area contributed by atoms with E-state index in [0.717, 1.165) is 86.3 Å². The van der Waals surface area contributed by atoms with Crippen molar-refractivity contribution in [2.75, 3.05) is 0 Å². The fraction of sp³-hybridized carbons (Fsp3) is 0.0769. The Kier molecular flexibility index (Phi) is 14.4. The molecule has 1 aliphatic rings. The third kappa shape index (κ3) is 10.2. The van der Waals surface area contributed by atoms with Crippen LogP contribution in [0, 0.1) is 3.57 Å². The molecule has 16 aromatic rings. The van der Waals surface area contributed by atoms with Crippen molar-refractivity contribution in [2.45, 2.75) is 38.9 Å². The molecule has 5 heterocycles. The number of fused-ring (bicyclic) bond motifs is 12. The summed E-state index contributed by atoms with van der Waals surface area (Å²) in [4.78, 5) is 0. The summed E-state index contributed by atoms with van der Waals surface area (Å²) < 4.78 is 33.4. The maximum Gasteiger partial charge on any atom is 0.494 e. The first-order valence-electron chi connectivity index (χ1n) is 29.4. The number of hydrogen-bond acceptors (Lipinski definition) is 4. The number of aromatic nitrogens is 2. The zero-order valence-corrected chi connectivity index (χ0v) is 54.0. The van der Waals surface area contributed by atoms with Crippen molar-refractivity contribution >= 4 is 155 Å². The van der Waals surface area contributed by atoms with E-state index in [1.54, 1.807) is 0 Å². The summed E-state index contributed by atoms with van der Waals surface area (Å²) in [6.45, 7) is 8.36. The van der Waals surface area contributed by atoms with E-state index in [9.17, 15) is 0 Å². The van der Waals surface area contributed by atoms with Gasteiger partial charge in [0.1, 0.15) is 22.3 Å². The van der Waals surface area contributed by atoms with Gasteiger partial charge in [-0.3, -0.25) is 0 Å². The third-order valence-corrected chi connectivity index (χ3v) is 19.3. The standard InChI is InChI=1S/C36H30BNO3.C36H22BrNO.C6H4BrI/c1-35(2)36(3,4)41-37(40-35)25-11-9-10-23(20-25)24-16-18-28-27-12-5-7-14-31(27)38(32(28)21-24)26-17-19-30-29-13-6-8-15-33(29)39-34(30)22-26;37-27-15-12-23(13-16-27)24-6-5-7-25(20-24)26-14-18-30-29-8-1-3-10-33(29)38(34(30)21-26)28-17-19-32-31-9-2-4-11-35(31)39-36(32)22-28;7-5-1-3-6(8)4-2-5/h5-22H,1-4H3;1-22H;1-4H. The van der Waals surface area contributed by atoms with Crippen molar-refractivity contribution in [1.82, 2.24) is 9.13 Å². The van der Waals surface area contributed by atoms with Crippen LogP contribution < -0.4 is 5.46 Å². The second-order valence-corrected chi connectivity index (χ2v) is 26.5. The Hall–Kier alpha value is -8.49. The highest BCUT2D eigenvalue weighted by molar-refractivity contribution is 14.1. The average molecular weight is 1380 g/mol. The van der Waals surface area contributed by atoms with Gasteiger partial charge in [-0.2, -0.15) is 0 Å². The van der Waals surface area contributed by atoms with Crippen LogP contribution >= 0.6 is 54.5 Å². The Morgan fingerprint density at radius 2 is 0.693 bits per heavy atom. The fourth-order valence-corrected chi connectivity index (χ4v) is 13.2. The zero-order chi connectivity index (χ0) is 59.8. The summed E-state index contributed by atoms with van der Waals surface area (Å²) in [5, 5.41) is 9.48. The van der Waals surface area contributed by atoms with Crippen LogP contribution in [0.2, 0.25) is 0 Å². The van der Waals surface area contributed by atoms with E-state index in [2.05, 4.69) is 322 Å². The van der Waals surface area contributed by atoms with Gasteiger partial charge in [0.05, 0.1) is 33.3 Å². The molecule has 0 N–H and O–H groups in total. The van der Waals surface area contributed by atoms with Crippen LogP contribution in [0.1, 0.15) is 27.7 Å². The molecule has 4 aromatic heterocycles. The molecule has 0 amide bonds. The molecule has 0 aliphatic carbocycles. The lowest BCUT2D eigenvalue weighted by molar-refractivity contribution is 0.00578. The van der Waals surface area contributed by atoms with Gasteiger partial charge in [0.2, 0.25) is 0 Å². The van der Waals surface area contributed by atoms with Crippen molar-refractivity contribution in [3.63, 3.8) is 0 Å². The first-order valence-corrected chi connectivity index (χ1v) is 32.1. The molecule has 1 fully saturated rings. The van der Waals surface area contributed by atoms with Gasteiger partial charge in [0.15, 0.2) is 0 Å². The first-order chi connectivity index (χ1) is 42.8. The van der Waals surface area contributed by atoms with Crippen molar-refractivity contribution in [3.05, 3.63) is 279 Å².